The van der Waals surface area contributed by atoms with Crippen molar-refractivity contribution in [3.05, 3.63) is 59.1 Å². The zero-order chi connectivity index (χ0) is 13.8. The molecule has 0 amide bonds. The molecule has 3 aromatic rings. The molecule has 0 unspecified atom stereocenters. The number of aromatic nitrogens is 4. The summed E-state index contributed by atoms with van der Waals surface area (Å²) in [7, 11) is 0. The Kier molecular flexibility index (Phi) is 3.60. The van der Waals surface area contributed by atoms with Crippen molar-refractivity contribution in [2.45, 2.75) is 6.54 Å². The number of aromatic amines is 1. The minimum atomic E-state index is 0.586. The van der Waals surface area contributed by atoms with Crippen LogP contribution in [0.1, 0.15) is 5.56 Å². The zero-order valence-electron chi connectivity index (χ0n) is 10.5. The molecule has 3 rings (SSSR count). The maximum absolute atomic E-state index is 6.12. The molecule has 2 N–H and O–H groups in total. The molecule has 6 heteroatoms. The molecular formula is C14H12ClN5. The van der Waals surface area contributed by atoms with Crippen LogP contribution in [0.15, 0.2) is 48.5 Å². The Hall–Kier alpha value is -2.40. The highest BCUT2D eigenvalue weighted by molar-refractivity contribution is 6.31. The van der Waals surface area contributed by atoms with Crippen LogP contribution in [0.25, 0.3) is 11.4 Å². The number of rotatable bonds is 4. The van der Waals surface area contributed by atoms with Gasteiger partial charge in [0, 0.05) is 22.8 Å². The van der Waals surface area contributed by atoms with Crippen molar-refractivity contribution in [3.8, 4) is 11.4 Å². The van der Waals surface area contributed by atoms with E-state index >= 15 is 0 Å². The fourth-order valence-corrected chi connectivity index (χ4v) is 2.06. The third kappa shape index (κ3) is 2.78. The van der Waals surface area contributed by atoms with Crippen molar-refractivity contribution in [1.29, 1.82) is 0 Å². The summed E-state index contributed by atoms with van der Waals surface area (Å²) in [4.78, 5) is 0. The SMILES string of the molecule is Clc1ccccc1CNc1ccc(-c2nn[nH]n2)cc1. The van der Waals surface area contributed by atoms with Crippen molar-refractivity contribution in [3.63, 3.8) is 0 Å². The Morgan fingerprint density at radius 3 is 2.55 bits per heavy atom. The number of hydrogen-bond donors (Lipinski definition) is 2. The number of tetrazole rings is 1. The Bertz CT molecular complexity index is 679. The van der Waals surface area contributed by atoms with Gasteiger partial charge in [0.1, 0.15) is 0 Å². The number of nitrogens with zero attached hydrogens (tertiary/aromatic N) is 3. The van der Waals surface area contributed by atoms with Gasteiger partial charge in [0.2, 0.25) is 5.82 Å². The van der Waals surface area contributed by atoms with Crippen LogP contribution in [-0.2, 0) is 6.54 Å². The van der Waals surface area contributed by atoms with Crippen LogP contribution in [-0.4, -0.2) is 20.6 Å². The molecule has 5 nitrogen and oxygen atoms in total. The summed E-state index contributed by atoms with van der Waals surface area (Å²) < 4.78 is 0. The Morgan fingerprint density at radius 1 is 1.05 bits per heavy atom. The quantitative estimate of drug-likeness (QED) is 0.773. The summed E-state index contributed by atoms with van der Waals surface area (Å²) in [5.41, 5.74) is 3.00. The largest absolute Gasteiger partial charge is 0.381 e. The van der Waals surface area contributed by atoms with Crippen LogP contribution >= 0.6 is 11.6 Å². The smallest absolute Gasteiger partial charge is 0.204 e. The van der Waals surface area contributed by atoms with E-state index in [1.807, 2.05) is 48.5 Å². The first kappa shape index (κ1) is 12.6. The van der Waals surface area contributed by atoms with E-state index in [1.165, 1.54) is 0 Å². The molecule has 1 aromatic heterocycles. The summed E-state index contributed by atoms with van der Waals surface area (Å²) in [6.07, 6.45) is 0. The molecule has 0 aliphatic carbocycles. The third-order valence-electron chi connectivity index (χ3n) is 2.93. The molecule has 0 fully saturated rings. The highest BCUT2D eigenvalue weighted by Gasteiger charge is 2.03. The van der Waals surface area contributed by atoms with Gasteiger partial charge in [-0.25, -0.2) is 0 Å². The molecule has 1 heterocycles. The molecule has 0 saturated carbocycles. The lowest BCUT2D eigenvalue weighted by molar-refractivity contribution is 0.881. The molecule has 0 aliphatic rings. The molecule has 100 valence electrons. The van der Waals surface area contributed by atoms with Gasteiger partial charge >= 0.3 is 0 Å². The first-order chi connectivity index (χ1) is 9.83. The van der Waals surface area contributed by atoms with E-state index in [9.17, 15) is 0 Å². The monoisotopic (exact) mass is 285 g/mol. The third-order valence-corrected chi connectivity index (χ3v) is 3.30. The van der Waals surface area contributed by atoms with Crippen molar-refractivity contribution in [2.24, 2.45) is 0 Å². The fraction of sp³-hybridized carbons (Fsp3) is 0.0714. The van der Waals surface area contributed by atoms with Gasteiger partial charge in [-0.05, 0) is 41.1 Å². The minimum Gasteiger partial charge on any atom is -0.381 e. The zero-order valence-corrected chi connectivity index (χ0v) is 11.3. The Balaban J connectivity index is 1.68. The molecule has 0 spiro atoms. The van der Waals surface area contributed by atoms with Crippen LogP contribution in [0.5, 0.6) is 0 Å². The van der Waals surface area contributed by atoms with Gasteiger partial charge in [-0.15, -0.1) is 10.2 Å². The van der Waals surface area contributed by atoms with Crippen LogP contribution in [0, 0.1) is 0 Å². The average molecular weight is 286 g/mol. The highest BCUT2D eigenvalue weighted by Crippen LogP contribution is 2.19. The van der Waals surface area contributed by atoms with E-state index in [0.717, 1.165) is 21.8 Å². The van der Waals surface area contributed by atoms with Gasteiger partial charge < -0.3 is 5.32 Å². The molecule has 20 heavy (non-hydrogen) atoms. The number of anilines is 1. The van der Waals surface area contributed by atoms with Crippen molar-refractivity contribution < 1.29 is 0 Å². The number of nitrogens with one attached hydrogen (secondary N) is 2. The van der Waals surface area contributed by atoms with Gasteiger partial charge in [-0.1, -0.05) is 29.8 Å². The second-order valence-corrected chi connectivity index (χ2v) is 4.66. The maximum Gasteiger partial charge on any atom is 0.204 e. The molecule has 0 bridgehead atoms. The van der Waals surface area contributed by atoms with Gasteiger partial charge in [-0.3, -0.25) is 0 Å². The fourth-order valence-electron chi connectivity index (χ4n) is 1.86. The van der Waals surface area contributed by atoms with Gasteiger partial charge in [-0.2, -0.15) is 5.21 Å². The standard InChI is InChI=1S/C14H12ClN5/c15-13-4-2-1-3-11(13)9-16-12-7-5-10(6-8-12)14-17-19-20-18-14/h1-8,16H,9H2,(H,17,18,19,20). The van der Waals surface area contributed by atoms with E-state index in [2.05, 4.69) is 25.9 Å². The van der Waals surface area contributed by atoms with Crippen LogP contribution in [0.3, 0.4) is 0 Å². The normalized spacial score (nSPS) is 10.4. The summed E-state index contributed by atoms with van der Waals surface area (Å²) >= 11 is 6.12. The van der Waals surface area contributed by atoms with Crippen molar-refractivity contribution in [2.75, 3.05) is 5.32 Å². The summed E-state index contributed by atoms with van der Waals surface area (Å²) in [6.45, 7) is 0.682. The molecule has 0 aliphatic heterocycles. The average Bonchev–Trinajstić information content (AvgIpc) is 3.01. The molecule has 0 radical (unpaired) electrons. The highest BCUT2D eigenvalue weighted by atomic mass is 35.5. The van der Waals surface area contributed by atoms with Crippen LogP contribution in [0.2, 0.25) is 5.02 Å². The first-order valence-electron chi connectivity index (χ1n) is 6.14. The van der Waals surface area contributed by atoms with E-state index in [0.29, 0.717) is 12.4 Å². The van der Waals surface area contributed by atoms with E-state index in [1.54, 1.807) is 0 Å². The van der Waals surface area contributed by atoms with Gasteiger partial charge in [0.25, 0.3) is 0 Å². The van der Waals surface area contributed by atoms with E-state index in [-0.39, 0.29) is 0 Å². The number of hydrogen-bond acceptors (Lipinski definition) is 4. The second-order valence-electron chi connectivity index (χ2n) is 4.26. The lowest BCUT2D eigenvalue weighted by Crippen LogP contribution is -1.99. The predicted octanol–water partition coefficient (Wildman–Crippen LogP) is 3.13. The van der Waals surface area contributed by atoms with Crippen LogP contribution < -0.4 is 5.32 Å². The molecule has 0 saturated heterocycles. The van der Waals surface area contributed by atoms with E-state index < -0.39 is 0 Å². The van der Waals surface area contributed by atoms with Crippen molar-refractivity contribution >= 4 is 17.3 Å². The lowest BCUT2D eigenvalue weighted by atomic mass is 10.2. The maximum atomic E-state index is 6.12. The summed E-state index contributed by atoms with van der Waals surface area (Å²) in [5.74, 6) is 0.586. The first-order valence-corrected chi connectivity index (χ1v) is 6.52. The second kappa shape index (κ2) is 5.71. The topological polar surface area (TPSA) is 66.5 Å². The lowest BCUT2D eigenvalue weighted by Gasteiger charge is -2.08. The van der Waals surface area contributed by atoms with E-state index in [4.69, 9.17) is 11.6 Å². The molecule has 2 aromatic carbocycles. The molecule has 0 atom stereocenters. The number of benzene rings is 2. The summed E-state index contributed by atoms with van der Waals surface area (Å²) in [5, 5.41) is 17.9. The number of H-pyrrole nitrogens is 1. The predicted molar refractivity (Wildman–Crippen MR) is 78.4 cm³/mol. The number of halogens is 1. The van der Waals surface area contributed by atoms with Gasteiger partial charge in [0.05, 0.1) is 0 Å². The Labute approximate surface area is 121 Å². The Morgan fingerprint density at radius 2 is 1.85 bits per heavy atom. The summed E-state index contributed by atoms with van der Waals surface area (Å²) in [6, 6.07) is 15.6. The van der Waals surface area contributed by atoms with Crippen LogP contribution in [0.4, 0.5) is 5.69 Å². The molecular weight excluding hydrogens is 274 g/mol. The van der Waals surface area contributed by atoms with Crippen molar-refractivity contribution in [1.82, 2.24) is 20.6 Å². The van der Waals surface area contributed by atoms with Gasteiger partial charge in [0.15, 0.2) is 0 Å². The minimum absolute atomic E-state index is 0.586.